The van der Waals surface area contributed by atoms with E-state index in [2.05, 4.69) is 0 Å². The van der Waals surface area contributed by atoms with Crippen LogP contribution in [-0.4, -0.2) is 63.5 Å². The Bertz CT molecular complexity index is 548. The second-order valence-electron chi connectivity index (χ2n) is 5.75. The van der Waals surface area contributed by atoms with Gasteiger partial charge in [0.25, 0.3) is 0 Å². The highest BCUT2D eigenvalue weighted by molar-refractivity contribution is 5.79. The topological polar surface area (TPSA) is 57.2 Å². The molecule has 1 saturated heterocycles. The van der Waals surface area contributed by atoms with E-state index in [-0.39, 0.29) is 11.9 Å². The Labute approximate surface area is 136 Å². The third kappa shape index (κ3) is 3.95. The van der Waals surface area contributed by atoms with Gasteiger partial charge in [-0.1, -0.05) is 6.07 Å². The molecule has 0 radical (unpaired) electrons. The molecule has 1 fully saturated rings. The van der Waals surface area contributed by atoms with E-state index in [0.29, 0.717) is 46.0 Å². The van der Waals surface area contributed by atoms with Crippen molar-refractivity contribution in [2.45, 2.75) is 18.9 Å². The van der Waals surface area contributed by atoms with Gasteiger partial charge in [0.05, 0.1) is 25.7 Å². The molecule has 6 heteroatoms. The first-order chi connectivity index (χ1) is 11.3. The summed E-state index contributed by atoms with van der Waals surface area (Å²) < 4.78 is 21.7. The fourth-order valence-electron chi connectivity index (χ4n) is 2.95. The van der Waals surface area contributed by atoms with Crippen LogP contribution >= 0.6 is 0 Å². The molecule has 0 aromatic heterocycles. The summed E-state index contributed by atoms with van der Waals surface area (Å²) in [5.74, 6) is 1.59. The average molecular weight is 321 g/mol. The Morgan fingerprint density at radius 3 is 2.91 bits per heavy atom. The minimum Gasteiger partial charge on any atom is -0.486 e. The van der Waals surface area contributed by atoms with Crippen LogP contribution < -0.4 is 9.47 Å². The Morgan fingerprint density at radius 1 is 1.26 bits per heavy atom. The lowest BCUT2D eigenvalue weighted by molar-refractivity contribution is -0.139. The zero-order valence-corrected chi connectivity index (χ0v) is 13.5. The van der Waals surface area contributed by atoms with Crippen LogP contribution in [0.4, 0.5) is 0 Å². The summed E-state index contributed by atoms with van der Waals surface area (Å²) in [6.45, 7) is 3.55. The number of carbonyl (C=O) groups is 1. The third-order valence-corrected chi connectivity index (χ3v) is 4.17. The molecule has 23 heavy (non-hydrogen) atoms. The van der Waals surface area contributed by atoms with Crippen molar-refractivity contribution in [1.29, 1.82) is 0 Å². The van der Waals surface area contributed by atoms with Crippen molar-refractivity contribution in [2.24, 2.45) is 0 Å². The Morgan fingerprint density at radius 2 is 2.09 bits per heavy atom. The number of hydrogen-bond acceptors (Lipinski definition) is 5. The number of hydrogen-bond donors (Lipinski definition) is 0. The highest BCUT2D eigenvalue weighted by Gasteiger charge is 2.27. The van der Waals surface area contributed by atoms with Gasteiger partial charge in [-0.25, -0.2) is 0 Å². The number of methoxy groups -OCH3 is 1. The average Bonchev–Trinajstić information content (AvgIpc) is 2.60. The molecule has 1 amide bonds. The normalized spacial score (nSPS) is 20.4. The van der Waals surface area contributed by atoms with Crippen LogP contribution in [0.1, 0.15) is 12.0 Å². The molecule has 1 aromatic carbocycles. The molecule has 6 nitrogen and oxygen atoms in total. The number of fused-ring (bicyclic) bond motifs is 1. The highest BCUT2D eigenvalue weighted by Crippen LogP contribution is 2.31. The van der Waals surface area contributed by atoms with Gasteiger partial charge in [0.2, 0.25) is 5.91 Å². The van der Waals surface area contributed by atoms with Gasteiger partial charge in [-0.15, -0.1) is 0 Å². The number of nitrogens with zero attached hydrogens (tertiary/aromatic N) is 1. The minimum atomic E-state index is 0.0911. The number of morpholine rings is 1. The molecule has 1 unspecified atom stereocenters. The largest absolute Gasteiger partial charge is 0.486 e. The smallest absolute Gasteiger partial charge is 0.227 e. The maximum Gasteiger partial charge on any atom is 0.227 e. The molecular formula is C17H23NO5. The van der Waals surface area contributed by atoms with E-state index in [4.69, 9.17) is 18.9 Å². The summed E-state index contributed by atoms with van der Waals surface area (Å²) in [5, 5.41) is 0. The van der Waals surface area contributed by atoms with E-state index in [1.807, 2.05) is 23.1 Å². The minimum absolute atomic E-state index is 0.0911. The van der Waals surface area contributed by atoms with Crippen molar-refractivity contribution >= 4 is 5.91 Å². The van der Waals surface area contributed by atoms with E-state index in [1.54, 1.807) is 7.11 Å². The van der Waals surface area contributed by atoms with Crippen LogP contribution in [0, 0.1) is 0 Å². The molecule has 0 aliphatic carbocycles. The lowest BCUT2D eigenvalue weighted by Crippen LogP contribution is -2.49. The third-order valence-electron chi connectivity index (χ3n) is 4.17. The van der Waals surface area contributed by atoms with Crippen LogP contribution in [-0.2, 0) is 20.7 Å². The molecule has 0 saturated carbocycles. The predicted molar refractivity (Wildman–Crippen MR) is 83.9 cm³/mol. The first kappa shape index (κ1) is 16.1. The van der Waals surface area contributed by atoms with E-state index in [9.17, 15) is 4.79 Å². The Hall–Kier alpha value is -1.79. The zero-order chi connectivity index (χ0) is 16.1. The zero-order valence-electron chi connectivity index (χ0n) is 13.5. The molecule has 3 rings (SSSR count). The maximum absolute atomic E-state index is 12.7. The quantitative estimate of drug-likeness (QED) is 0.817. The molecule has 2 heterocycles. The predicted octanol–water partition coefficient (Wildman–Crippen LogP) is 1.26. The fourth-order valence-corrected chi connectivity index (χ4v) is 2.95. The van der Waals surface area contributed by atoms with Gasteiger partial charge in [-0.2, -0.15) is 0 Å². The lowest BCUT2D eigenvalue weighted by Gasteiger charge is -2.35. The summed E-state index contributed by atoms with van der Waals surface area (Å²) in [7, 11) is 1.67. The standard InChI is InChI=1S/C17H23NO5/c1-20-6-4-14-12-21-7-5-18(14)17(19)11-13-2-3-15-16(10-13)23-9-8-22-15/h2-3,10,14H,4-9,11-12H2,1H3. The van der Waals surface area contributed by atoms with Gasteiger partial charge >= 0.3 is 0 Å². The van der Waals surface area contributed by atoms with Gasteiger partial charge in [0.15, 0.2) is 11.5 Å². The molecule has 1 atom stereocenters. The molecule has 1 aromatic rings. The van der Waals surface area contributed by atoms with Crippen LogP contribution in [0.25, 0.3) is 0 Å². The van der Waals surface area contributed by atoms with Crippen LogP contribution in [0.3, 0.4) is 0 Å². The number of benzene rings is 1. The number of carbonyl (C=O) groups excluding carboxylic acids is 1. The van der Waals surface area contributed by atoms with E-state index < -0.39 is 0 Å². The maximum atomic E-state index is 12.7. The lowest BCUT2D eigenvalue weighted by atomic mass is 10.1. The van der Waals surface area contributed by atoms with E-state index in [1.165, 1.54) is 0 Å². The Kier molecular flexibility index (Phi) is 5.35. The number of amides is 1. The summed E-state index contributed by atoms with van der Waals surface area (Å²) in [4.78, 5) is 14.6. The molecule has 0 spiro atoms. The number of ether oxygens (including phenoxy) is 4. The van der Waals surface area contributed by atoms with Crippen molar-refractivity contribution in [3.63, 3.8) is 0 Å². The second kappa shape index (κ2) is 7.66. The van der Waals surface area contributed by atoms with Crippen LogP contribution in [0.15, 0.2) is 18.2 Å². The monoisotopic (exact) mass is 321 g/mol. The molecule has 2 aliphatic rings. The van der Waals surface area contributed by atoms with Crippen molar-refractivity contribution in [3.05, 3.63) is 23.8 Å². The van der Waals surface area contributed by atoms with Gasteiger partial charge in [-0.05, 0) is 24.1 Å². The van der Waals surface area contributed by atoms with Gasteiger partial charge in [-0.3, -0.25) is 4.79 Å². The molecule has 126 valence electrons. The summed E-state index contributed by atoms with van der Waals surface area (Å²) in [5.41, 5.74) is 0.941. The van der Waals surface area contributed by atoms with Gasteiger partial charge in [0.1, 0.15) is 13.2 Å². The first-order valence-electron chi connectivity index (χ1n) is 8.02. The van der Waals surface area contributed by atoms with Crippen molar-refractivity contribution in [2.75, 3.05) is 46.7 Å². The number of rotatable bonds is 5. The molecular weight excluding hydrogens is 298 g/mol. The molecule has 0 bridgehead atoms. The first-order valence-corrected chi connectivity index (χ1v) is 8.02. The van der Waals surface area contributed by atoms with E-state index in [0.717, 1.165) is 23.5 Å². The van der Waals surface area contributed by atoms with Crippen molar-refractivity contribution < 1.29 is 23.7 Å². The fraction of sp³-hybridized carbons (Fsp3) is 0.588. The van der Waals surface area contributed by atoms with Crippen molar-refractivity contribution in [3.8, 4) is 11.5 Å². The summed E-state index contributed by atoms with van der Waals surface area (Å²) in [6, 6.07) is 5.79. The summed E-state index contributed by atoms with van der Waals surface area (Å²) in [6.07, 6.45) is 1.16. The van der Waals surface area contributed by atoms with Gasteiger partial charge in [0, 0.05) is 20.3 Å². The second-order valence-corrected chi connectivity index (χ2v) is 5.75. The van der Waals surface area contributed by atoms with E-state index >= 15 is 0 Å². The molecule has 2 aliphatic heterocycles. The summed E-state index contributed by atoms with van der Waals surface area (Å²) >= 11 is 0. The van der Waals surface area contributed by atoms with Gasteiger partial charge < -0.3 is 23.8 Å². The molecule has 0 N–H and O–H groups in total. The SMILES string of the molecule is COCCC1COCCN1C(=O)Cc1ccc2c(c1)OCCO2. The highest BCUT2D eigenvalue weighted by atomic mass is 16.6. The Balaban J connectivity index is 1.65. The van der Waals surface area contributed by atoms with Crippen LogP contribution in [0.2, 0.25) is 0 Å². The van der Waals surface area contributed by atoms with Crippen molar-refractivity contribution in [1.82, 2.24) is 4.90 Å². The van der Waals surface area contributed by atoms with Crippen LogP contribution in [0.5, 0.6) is 11.5 Å².